The Bertz CT molecular complexity index is 483. The molecule has 1 aliphatic heterocycles. The van der Waals surface area contributed by atoms with Crippen LogP contribution in [0.5, 0.6) is 11.5 Å². The van der Waals surface area contributed by atoms with Crippen molar-refractivity contribution in [3.05, 3.63) is 23.8 Å². The van der Waals surface area contributed by atoms with Gasteiger partial charge >= 0.3 is 0 Å². The first-order chi connectivity index (χ1) is 7.66. The second kappa shape index (κ2) is 4.15. The van der Waals surface area contributed by atoms with Crippen LogP contribution in [0.4, 0.5) is 0 Å². The lowest BCUT2D eigenvalue weighted by molar-refractivity contribution is 0.105. The van der Waals surface area contributed by atoms with E-state index in [0.29, 0.717) is 17.1 Å². The molecule has 1 aromatic carbocycles. The second-order valence-electron chi connectivity index (χ2n) is 3.53. The van der Waals surface area contributed by atoms with Crippen molar-refractivity contribution in [1.82, 2.24) is 4.90 Å². The number of Topliss-reactive ketones (excluding diaryl/α,β-unsaturated/α-hetero) is 1. The molecular weight excluding hydrogens is 206 g/mol. The van der Waals surface area contributed by atoms with Crippen LogP contribution in [0.25, 0.3) is 0 Å². The first kappa shape index (κ1) is 10.4. The maximum atomic E-state index is 11.7. The molecular formula is C12H11NO3. The number of carbonyl (C=O) groups excluding carboxylic acids is 1. The zero-order valence-corrected chi connectivity index (χ0v) is 9.11. The molecule has 0 unspecified atom stereocenters. The number of benzene rings is 1. The van der Waals surface area contributed by atoms with Crippen LogP contribution in [0.3, 0.4) is 0 Å². The monoisotopic (exact) mass is 217 g/mol. The third-order valence-corrected chi connectivity index (χ3v) is 2.03. The largest absolute Gasteiger partial charge is 0.454 e. The summed E-state index contributed by atoms with van der Waals surface area (Å²) >= 11 is 0. The minimum Gasteiger partial charge on any atom is -0.454 e. The van der Waals surface area contributed by atoms with Crippen molar-refractivity contribution in [3.8, 4) is 23.5 Å². The number of fused-ring (bicyclic) bond motifs is 1. The Balaban J connectivity index is 2.23. The average Bonchev–Trinajstić information content (AvgIpc) is 2.72. The van der Waals surface area contributed by atoms with E-state index in [9.17, 15) is 4.79 Å². The van der Waals surface area contributed by atoms with Crippen molar-refractivity contribution in [2.75, 3.05) is 20.9 Å². The fourth-order valence-corrected chi connectivity index (χ4v) is 1.27. The van der Waals surface area contributed by atoms with Crippen LogP contribution in [0.15, 0.2) is 18.2 Å². The van der Waals surface area contributed by atoms with Crippen molar-refractivity contribution in [3.63, 3.8) is 0 Å². The highest BCUT2D eigenvalue weighted by atomic mass is 16.7. The highest BCUT2D eigenvalue weighted by molar-refractivity contribution is 6.09. The summed E-state index contributed by atoms with van der Waals surface area (Å²) in [6, 6.07) is 7.72. The fraction of sp³-hybridized carbons (Fsp3) is 0.250. The molecule has 0 fully saturated rings. The molecule has 0 atom stereocenters. The highest BCUT2D eigenvalue weighted by Gasteiger charge is 2.15. The summed E-state index contributed by atoms with van der Waals surface area (Å²) in [5.74, 6) is 3.56. The number of carbonyl (C=O) groups is 1. The van der Waals surface area contributed by atoms with Crippen LogP contribution in [0, 0.1) is 12.0 Å². The Morgan fingerprint density at radius 2 is 2.06 bits per heavy atom. The molecule has 0 spiro atoms. The molecule has 1 heterocycles. The summed E-state index contributed by atoms with van der Waals surface area (Å²) in [6.45, 7) is 0.205. The van der Waals surface area contributed by atoms with Crippen LogP contribution in [0.1, 0.15) is 10.4 Å². The number of rotatable bonds is 1. The minimum absolute atomic E-state index is 0.205. The lowest BCUT2D eigenvalue weighted by atomic mass is 10.1. The maximum absolute atomic E-state index is 11.7. The number of nitrogens with zero attached hydrogens (tertiary/aromatic N) is 1. The van der Waals surface area contributed by atoms with Gasteiger partial charge in [-0.2, -0.15) is 0 Å². The molecule has 0 aliphatic carbocycles. The molecule has 0 radical (unpaired) electrons. The summed E-state index contributed by atoms with van der Waals surface area (Å²) in [5, 5.41) is 0. The van der Waals surface area contributed by atoms with E-state index in [4.69, 9.17) is 9.47 Å². The van der Waals surface area contributed by atoms with Crippen molar-refractivity contribution in [2.24, 2.45) is 0 Å². The molecule has 0 N–H and O–H groups in total. The lowest BCUT2D eigenvalue weighted by Gasteiger charge is -1.99. The Labute approximate surface area is 93.8 Å². The molecule has 16 heavy (non-hydrogen) atoms. The van der Waals surface area contributed by atoms with Gasteiger partial charge in [-0.1, -0.05) is 0 Å². The van der Waals surface area contributed by atoms with E-state index in [1.54, 1.807) is 37.2 Å². The zero-order valence-electron chi connectivity index (χ0n) is 9.11. The van der Waals surface area contributed by atoms with Gasteiger partial charge in [-0.15, -0.1) is 0 Å². The third-order valence-electron chi connectivity index (χ3n) is 2.03. The summed E-state index contributed by atoms with van der Waals surface area (Å²) in [7, 11) is 3.56. The van der Waals surface area contributed by atoms with E-state index in [1.807, 2.05) is 0 Å². The number of ketones is 1. The summed E-state index contributed by atoms with van der Waals surface area (Å²) < 4.78 is 10.3. The van der Waals surface area contributed by atoms with E-state index >= 15 is 0 Å². The van der Waals surface area contributed by atoms with Crippen molar-refractivity contribution >= 4 is 5.78 Å². The van der Waals surface area contributed by atoms with Crippen molar-refractivity contribution in [1.29, 1.82) is 0 Å². The predicted molar refractivity (Wildman–Crippen MR) is 58.4 cm³/mol. The van der Waals surface area contributed by atoms with Crippen molar-refractivity contribution < 1.29 is 14.3 Å². The highest BCUT2D eigenvalue weighted by Crippen LogP contribution is 2.32. The summed E-state index contributed by atoms with van der Waals surface area (Å²) in [6.07, 6.45) is 0. The molecule has 82 valence electrons. The second-order valence-corrected chi connectivity index (χ2v) is 3.53. The fourth-order valence-electron chi connectivity index (χ4n) is 1.27. The van der Waals surface area contributed by atoms with Gasteiger partial charge in [0.25, 0.3) is 0 Å². The number of hydrogen-bond acceptors (Lipinski definition) is 4. The van der Waals surface area contributed by atoms with E-state index < -0.39 is 0 Å². The molecule has 0 saturated carbocycles. The number of ether oxygens (including phenoxy) is 2. The Morgan fingerprint density at radius 1 is 1.31 bits per heavy atom. The molecule has 1 aliphatic rings. The maximum Gasteiger partial charge on any atom is 0.237 e. The number of hydrogen-bond donors (Lipinski definition) is 0. The van der Waals surface area contributed by atoms with Crippen LogP contribution in [-0.4, -0.2) is 31.6 Å². The summed E-state index contributed by atoms with van der Waals surface area (Å²) in [4.78, 5) is 13.3. The standard InChI is InChI=1S/C12H11NO3/c1-13(2)6-5-10(14)9-3-4-11-12(7-9)16-8-15-11/h3-4,7H,8H2,1-2H3. The normalized spacial score (nSPS) is 11.6. The molecule has 4 heteroatoms. The molecule has 0 aromatic heterocycles. The van der Waals surface area contributed by atoms with Gasteiger partial charge in [-0.25, -0.2) is 0 Å². The molecule has 0 bridgehead atoms. The van der Waals surface area contributed by atoms with Crippen molar-refractivity contribution in [2.45, 2.75) is 0 Å². The smallest absolute Gasteiger partial charge is 0.237 e. The Morgan fingerprint density at radius 3 is 2.81 bits per heavy atom. The van der Waals surface area contributed by atoms with E-state index in [-0.39, 0.29) is 12.6 Å². The minimum atomic E-state index is -0.230. The molecule has 0 amide bonds. The summed E-state index contributed by atoms with van der Waals surface area (Å²) in [5.41, 5.74) is 0.513. The Kier molecular flexibility index (Phi) is 2.69. The van der Waals surface area contributed by atoms with Gasteiger partial charge in [0.15, 0.2) is 11.5 Å². The topological polar surface area (TPSA) is 38.8 Å². The Hall–Kier alpha value is -2.15. The third kappa shape index (κ3) is 2.09. The van der Waals surface area contributed by atoms with E-state index in [2.05, 4.69) is 12.0 Å². The molecule has 1 aromatic rings. The van der Waals surface area contributed by atoms with E-state index in [0.717, 1.165) is 0 Å². The van der Waals surface area contributed by atoms with Crippen LogP contribution in [0.2, 0.25) is 0 Å². The first-order valence-corrected chi connectivity index (χ1v) is 4.80. The van der Waals surface area contributed by atoms with Gasteiger partial charge in [0, 0.05) is 25.7 Å². The predicted octanol–water partition coefficient (Wildman–Crippen LogP) is 1.12. The average molecular weight is 217 g/mol. The SMILES string of the molecule is CN(C)C#CC(=O)c1ccc2c(c1)OCO2. The molecule has 2 rings (SSSR count). The zero-order chi connectivity index (χ0) is 11.5. The van der Waals surface area contributed by atoms with Crippen LogP contribution < -0.4 is 9.47 Å². The van der Waals surface area contributed by atoms with E-state index in [1.165, 1.54) is 0 Å². The van der Waals surface area contributed by atoms with Crippen LogP contribution in [-0.2, 0) is 0 Å². The van der Waals surface area contributed by atoms with Crippen LogP contribution >= 0.6 is 0 Å². The quantitative estimate of drug-likeness (QED) is 0.401. The molecule has 4 nitrogen and oxygen atoms in total. The molecule has 0 saturated heterocycles. The van der Waals surface area contributed by atoms with Gasteiger partial charge in [-0.05, 0) is 24.1 Å². The first-order valence-electron chi connectivity index (χ1n) is 4.80. The lowest BCUT2D eigenvalue weighted by Crippen LogP contribution is -2.03. The van der Waals surface area contributed by atoms with Gasteiger partial charge in [0.1, 0.15) is 0 Å². The van der Waals surface area contributed by atoms with Gasteiger partial charge in [-0.3, -0.25) is 4.79 Å². The van der Waals surface area contributed by atoms with Gasteiger partial charge in [0.05, 0.1) is 0 Å². The van der Waals surface area contributed by atoms with Gasteiger partial charge < -0.3 is 14.4 Å². The van der Waals surface area contributed by atoms with Gasteiger partial charge in [0.2, 0.25) is 12.6 Å².